The molecule has 1 nitrogen and oxygen atoms in total. The number of benzene rings is 1. The summed E-state index contributed by atoms with van der Waals surface area (Å²) in [4.78, 5) is 0.722. The monoisotopic (exact) mass is 244 g/mol. The van der Waals surface area contributed by atoms with Gasteiger partial charge in [0.1, 0.15) is 5.75 Å². The van der Waals surface area contributed by atoms with Crippen LogP contribution in [0.1, 0.15) is 6.92 Å². The zero-order valence-electron chi connectivity index (χ0n) is 7.58. The molecule has 14 heavy (non-hydrogen) atoms. The van der Waals surface area contributed by atoms with Gasteiger partial charge < -0.3 is 4.74 Å². The second-order valence-corrected chi connectivity index (χ2v) is 4.58. The van der Waals surface area contributed by atoms with Crippen LogP contribution < -0.4 is 4.74 Å². The van der Waals surface area contributed by atoms with Gasteiger partial charge in [0.15, 0.2) is 0 Å². The number of rotatable bonds is 2. The number of hydrogen-bond acceptors (Lipinski definition) is 3. The molecule has 1 heterocycles. The largest absolute Gasteiger partial charge is 0.493 e. The molecule has 2 aromatic rings. The Labute approximate surface area is 97.1 Å². The second kappa shape index (κ2) is 4.01. The van der Waals surface area contributed by atoms with Gasteiger partial charge in [0.05, 0.1) is 16.5 Å². The molecule has 0 bridgehead atoms. The van der Waals surface area contributed by atoms with Crippen molar-refractivity contribution in [3.8, 4) is 5.75 Å². The third-order valence-corrected chi connectivity index (χ3v) is 3.77. The summed E-state index contributed by atoms with van der Waals surface area (Å²) in [5, 5.41) is 3.74. The summed E-state index contributed by atoms with van der Waals surface area (Å²) >= 11 is 12.2. The van der Waals surface area contributed by atoms with Gasteiger partial charge in [0.2, 0.25) is 0 Å². The zero-order valence-corrected chi connectivity index (χ0v) is 10.0. The number of hydrogen-bond donors (Lipinski definition) is 1. The quantitative estimate of drug-likeness (QED) is 0.778. The predicted octanol–water partition coefficient (Wildman–Crippen LogP) is 4.24. The molecular weight excluding hydrogens is 236 g/mol. The smallest absolute Gasteiger partial charge is 0.135 e. The maximum absolute atomic E-state index is 6.16. The molecular formula is C10H9ClOS2. The van der Waals surface area contributed by atoms with Crippen LogP contribution in [-0.4, -0.2) is 6.61 Å². The van der Waals surface area contributed by atoms with E-state index in [1.165, 1.54) is 0 Å². The van der Waals surface area contributed by atoms with Crippen molar-refractivity contribution in [1.82, 2.24) is 0 Å². The van der Waals surface area contributed by atoms with Crippen molar-refractivity contribution >= 4 is 45.7 Å². The zero-order chi connectivity index (χ0) is 10.1. The van der Waals surface area contributed by atoms with Gasteiger partial charge in [0, 0.05) is 10.1 Å². The SMILES string of the molecule is CCOc1cc2sccc2c(Cl)c1S. The molecule has 0 saturated carbocycles. The minimum Gasteiger partial charge on any atom is -0.493 e. The van der Waals surface area contributed by atoms with Crippen LogP contribution >= 0.6 is 35.6 Å². The maximum Gasteiger partial charge on any atom is 0.135 e. The number of thiophene rings is 1. The number of fused-ring (bicyclic) bond motifs is 1. The van der Waals surface area contributed by atoms with Crippen molar-refractivity contribution in [1.29, 1.82) is 0 Å². The average molecular weight is 245 g/mol. The molecule has 0 fully saturated rings. The van der Waals surface area contributed by atoms with Gasteiger partial charge in [-0.15, -0.1) is 24.0 Å². The Kier molecular flexibility index (Phi) is 2.91. The Balaban J connectivity index is 2.67. The summed E-state index contributed by atoms with van der Waals surface area (Å²) in [6.07, 6.45) is 0. The van der Waals surface area contributed by atoms with Gasteiger partial charge in [-0.25, -0.2) is 0 Å². The molecule has 0 saturated heterocycles. The summed E-state index contributed by atoms with van der Waals surface area (Å²) < 4.78 is 6.58. The number of halogens is 1. The highest BCUT2D eigenvalue weighted by molar-refractivity contribution is 7.80. The van der Waals surface area contributed by atoms with E-state index >= 15 is 0 Å². The molecule has 1 aromatic carbocycles. The van der Waals surface area contributed by atoms with Crippen LogP contribution in [0.15, 0.2) is 22.4 Å². The van der Waals surface area contributed by atoms with Crippen LogP contribution in [0.2, 0.25) is 5.02 Å². The number of ether oxygens (including phenoxy) is 1. The van der Waals surface area contributed by atoms with Gasteiger partial charge in [-0.1, -0.05) is 11.6 Å². The molecule has 0 aliphatic carbocycles. The van der Waals surface area contributed by atoms with Crippen LogP contribution in [-0.2, 0) is 0 Å². The Morgan fingerprint density at radius 1 is 1.57 bits per heavy atom. The van der Waals surface area contributed by atoms with E-state index in [4.69, 9.17) is 16.3 Å². The molecule has 0 aliphatic heterocycles. The van der Waals surface area contributed by atoms with Crippen molar-refractivity contribution in [2.24, 2.45) is 0 Å². The molecule has 2 rings (SSSR count). The molecule has 1 aromatic heterocycles. The molecule has 74 valence electrons. The summed E-state index contributed by atoms with van der Waals surface area (Å²) in [6, 6.07) is 3.98. The van der Waals surface area contributed by atoms with E-state index in [-0.39, 0.29) is 0 Å². The van der Waals surface area contributed by atoms with Gasteiger partial charge in [0.25, 0.3) is 0 Å². The van der Waals surface area contributed by atoms with Crippen molar-refractivity contribution < 1.29 is 4.74 Å². The first-order chi connectivity index (χ1) is 6.74. The van der Waals surface area contributed by atoms with Crippen LogP contribution in [0.5, 0.6) is 5.75 Å². The molecule has 0 radical (unpaired) electrons. The lowest BCUT2D eigenvalue weighted by molar-refractivity contribution is 0.333. The number of thiol groups is 1. The normalized spacial score (nSPS) is 10.8. The van der Waals surface area contributed by atoms with Crippen LogP contribution in [0, 0.1) is 0 Å². The molecule has 0 N–H and O–H groups in total. The third-order valence-electron chi connectivity index (χ3n) is 1.93. The fourth-order valence-electron chi connectivity index (χ4n) is 1.30. The minimum atomic E-state index is 0.626. The van der Waals surface area contributed by atoms with Crippen molar-refractivity contribution in [2.45, 2.75) is 11.8 Å². The molecule has 4 heteroatoms. The third kappa shape index (κ3) is 1.60. The predicted molar refractivity (Wildman–Crippen MR) is 65.3 cm³/mol. The molecule has 0 spiro atoms. The highest BCUT2D eigenvalue weighted by Crippen LogP contribution is 2.39. The average Bonchev–Trinajstić information content (AvgIpc) is 2.62. The van der Waals surface area contributed by atoms with Gasteiger partial charge in [-0.05, 0) is 24.4 Å². The fourth-order valence-corrected chi connectivity index (χ4v) is 2.69. The minimum absolute atomic E-state index is 0.626. The molecule has 0 atom stereocenters. The highest BCUT2D eigenvalue weighted by atomic mass is 35.5. The van der Waals surface area contributed by atoms with E-state index in [0.29, 0.717) is 11.6 Å². The van der Waals surface area contributed by atoms with E-state index in [1.54, 1.807) is 11.3 Å². The van der Waals surface area contributed by atoms with Gasteiger partial charge in [-0.3, -0.25) is 0 Å². The lowest BCUT2D eigenvalue weighted by atomic mass is 10.2. The fraction of sp³-hybridized carbons (Fsp3) is 0.200. The van der Waals surface area contributed by atoms with E-state index in [2.05, 4.69) is 12.6 Å². The van der Waals surface area contributed by atoms with E-state index in [9.17, 15) is 0 Å². The van der Waals surface area contributed by atoms with Crippen LogP contribution in [0.4, 0.5) is 0 Å². The first-order valence-corrected chi connectivity index (χ1v) is 5.96. The van der Waals surface area contributed by atoms with E-state index < -0.39 is 0 Å². The van der Waals surface area contributed by atoms with Gasteiger partial charge in [-0.2, -0.15) is 0 Å². The Morgan fingerprint density at radius 2 is 2.36 bits per heavy atom. The van der Waals surface area contributed by atoms with Gasteiger partial charge >= 0.3 is 0 Å². The van der Waals surface area contributed by atoms with Crippen molar-refractivity contribution in [3.05, 3.63) is 22.5 Å². The summed E-state index contributed by atoms with van der Waals surface area (Å²) in [6.45, 7) is 2.57. The molecule has 0 aliphatic rings. The second-order valence-electron chi connectivity index (χ2n) is 2.80. The lowest BCUT2D eigenvalue weighted by Gasteiger charge is -2.08. The first-order valence-electron chi connectivity index (χ1n) is 4.25. The highest BCUT2D eigenvalue weighted by Gasteiger charge is 2.10. The van der Waals surface area contributed by atoms with E-state index in [0.717, 1.165) is 20.7 Å². The maximum atomic E-state index is 6.16. The standard InChI is InChI=1S/C10H9ClOS2/c1-2-12-7-5-8-6(3-4-14-8)9(11)10(7)13/h3-5,13H,2H2,1H3. The molecule has 0 amide bonds. The topological polar surface area (TPSA) is 9.23 Å². The summed E-state index contributed by atoms with van der Waals surface area (Å²) in [5.74, 6) is 0.760. The van der Waals surface area contributed by atoms with E-state index in [1.807, 2.05) is 24.4 Å². The Bertz CT molecular complexity index is 464. The van der Waals surface area contributed by atoms with Crippen molar-refractivity contribution in [2.75, 3.05) is 6.61 Å². The summed E-state index contributed by atoms with van der Waals surface area (Å²) in [7, 11) is 0. The summed E-state index contributed by atoms with van der Waals surface area (Å²) in [5.41, 5.74) is 0. The lowest BCUT2D eigenvalue weighted by Crippen LogP contribution is -1.92. The van der Waals surface area contributed by atoms with Crippen LogP contribution in [0.25, 0.3) is 10.1 Å². The van der Waals surface area contributed by atoms with Crippen LogP contribution in [0.3, 0.4) is 0 Å². The first kappa shape index (κ1) is 10.1. The van der Waals surface area contributed by atoms with Crippen molar-refractivity contribution in [3.63, 3.8) is 0 Å². The Morgan fingerprint density at radius 3 is 3.07 bits per heavy atom. The Hall–Kier alpha value is -0.380. The molecule has 0 unspecified atom stereocenters.